The Labute approximate surface area is 127 Å². The molecule has 0 bridgehead atoms. The minimum atomic E-state index is 0.153. The number of methoxy groups -OCH3 is 1. The smallest absolute Gasteiger partial charge is 0.0701 e. The van der Waals surface area contributed by atoms with Crippen molar-refractivity contribution in [2.45, 2.75) is 39.8 Å². The molecule has 122 valence electrons. The van der Waals surface area contributed by atoms with Crippen LogP contribution >= 0.6 is 0 Å². The number of aryl methyl sites for hydroxylation is 1. The second-order valence-electron chi connectivity index (χ2n) is 5.27. The van der Waals surface area contributed by atoms with E-state index in [9.17, 15) is 0 Å². The van der Waals surface area contributed by atoms with Gasteiger partial charge in [0.15, 0.2) is 0 Å². The van der Waals surface area contributed by atoms with Crippen LogP contribution in [0, 0.1) is 13.8 Å². The molecule has 1 atom stereocenters. The van der Waals surface area contributed by atoms with E-state index in [4.69, 9.17) is 19.9 Å². The molecular weight excluding hydrogens is 270 g/mol. The highest BCUT2D eigenvalue weighted by molar-refractivity contribution is 5.25. The van der Waals surface area contributed by atoms with Crippen molar-refractivity contribution in [3.05, 3.63) is 17.0 Å². The van der Waals surface area contributed by atoms with Crippen molar-refractivity contribution < 1.29 is 14.2 Å². The standard InChI is InChI=1S/C15H29N3O3/c1-12(16)11-15-13(2)17-18(14(15)3)5-6-20-9-10-21-8-7-19-4/h12H,5-11,16H2,1-4H3. The molecule has 1 aromatic heterocycles. The van der Waals surface area contributed by atoms with Gasteiger partial charge in [-0.15, -0.1) is 0 Å². The van der Waals surface area contributed by atoms with Crippen molar-refractivity contribution in [3.8, 4) is 0 Å². The molecule has 6 nitrogen and oxygen atoms in total. The van der Waals surface area contributed by atoms with Crippen LogP contribution in [0.5, 0.6) is 0 Å². The van der Waals surface area contributed by atoms with Gasteiger partial charge in [-0.05, 0) is 32.8 Å². The molecule has 0 saturated carbocycles. The molecule has 0 fully saturated rings. The minimum absolute atomic E-state index is 0.153. The maximum Gasteiger partial charge on any atom is 0.0701 e. The van der Waals surface area contributed by atoms with Gasteiger partial charge in [0.25, 0.3) is 0 Å². The molecule has 1 rings (SSSR count). The highest BCUT2D eigenvalue weighted by Gasteiger charge is 2.12. The SMILES string of the molecule is COCCOCCOCCn1nc(C)c(CC(C)N)c1C. The van der Waals surface area contributed by atoms with Crippen LogP contribution in [0.3, 0.4) is 0 Å². The van der Waals surface area contributed by atoms with Crippen molar-refractivity contribution >= 4 is 0 Å². The van der Waals surface area contributed by atoms with E-state index in [2.05, 4.69) is 12.0 Å². The van der Waals surface area contributed by atoms with E-state index >= 15 is 0 Å². The van der Waals surface area contributed by atoms with Crippen molar-refractivity contribution in [1.82, 2.24) is 9.78 Å². The summed E-state index contributed by atoms with van der Waals surface area (Å²) in [5, 5.41) is 4.55. The number of nitrogens with zero attached hydrogens (tertiary/aromatic N) is 2. The predicted octanol–water partition coefficient (Wildman–Crippen LogP) is 1.07. The van der Waals surface area contributed by atoms with E-state index in [1.807, 2.05) is 18.5 Å². The summed E-state index contributed by atoms with van der Waals surface area (Å²) in [6.07, 6.45) is 0.867. The normalized spacial score (nSPS) is 12.8. The summed E-state index contributed by atoms with van der Waals surface area (Å²) in [4.78, 5) is 0. The molecule has 6 heteroatoms. The Hall–Kier alpha value is -0.950. The Bertz CT molecular complexity index is 405. The number of hydrogen-bond donors (Lipinski definition) is 1. The molecule has 2 N–H and O–H groups in total. The predicted molar refractivity (Wildman–Crippen MR) is 82.6 cm³/mol. The Morgan fingerprint density at radius 2 is 1.71 bits per heavy atom. The molecule has 0 aromatic carbocycles. The van der Waals surface area contributed by atoms with Crippen molar-refractivity contribution in [3.63, 3.8) is 0 Å². The van der Waals surface area contributed by atoms with Crippen molar-refractivity contribution in [2.24, 2.45) is 5.73 Å². The lowest BCUT2D eigenvalue weighted by atomic mass is 10.1. The molecule has 0 amide bonds. The average molecular weight is 299 g/mol. The van der Waals surface area contributed by atoms with E-state index in [0.717, 1.165) is 18.7 Å². The highest BCUT2D eigenvalue weighted by atomic mass is 16.5. The van der Waals surface area contributed by atoms with E-state index < -0.39 is 0 Å². The molecule has 0 radical (unpaired) electrons. The van der Waals surface area contributed by atoms with Gasteiger partial charge in [0.1, 0.15) is 0 Å². The Kier molecular flexibility index (Phi) is 8.52. The summed E-state index contributed by atoms with van der Waals surface area (Å²) in [6.45, 7) is 9.94. The lowest BCUT2D eigenvalue weighted by Crippen LogP contribution is -2.18. The number of nitrogens with two attached hydrogens (primary N) is 1. The first kappa shape index (κ1) is 18.1. The van der Waals surface area contributed by atoms with E-state index in [-0.39, 0.29) is 6.04 Å². The monoisotopic (exact) mass is 299 g/mol. The summed E-state index contributed by atoms with van der Waals surface area (Å²) in [7, 11) is 1.66. The molecule has 0 aliphatic rings. The summed E-state index contributed by atoms with van der Waals surface area (Å²) >= 11 is 0. The highest BCUT2D eigenvalue weighted by Crippen LogP contribution is 2.14. The van der Waals surface area contributed by atoms with Gasteiger partial charge in [0.05, 0.1) is 45.3 Å². The largest absolute Gasteiger partial charge is 0.382 e. The summed E-state index contributed by atoms with van der Waals surface area (Å²) in [5.41, 5.74) is 9.38. The fourth-order valence-electron chi connectivity index (χ4n) is 2.18. The Balaban J connectivity index is 2.26. The molecule has 1 unspecified atom stereocenters. The van der Waals surface area contributed by atoms with Crippen LogP contribution in [0.2, 0.25) is 0 Å². The minimum Gasteiger partial charge on any atom is -0.382 e. The average Bonchev–Trinajstić information content (AvgIpc) is 2.69. The third-order valence-electron chi connectivity index (χ3n) is 3.31. The second kappa shape index (κ2) is 9.89. The van der Waals surface area contributed by atoms with Crippen LogP contribution in [-0.2, 0) is 27.2 Å². The summed E-state index contributed by atoms with van der Waals surface area (Å²) < 4.78 is 17.8. The molecular formula is C15H29N3O3. The zero-order chi connectivity index (χ0) is 15.7. The van der Waals surface area contributed by atoms with Gasteiger partial charge >= 0.3 is 0 Å². The Morgan fingerprint density at radius 3 is 2.33 bits per heavy atom. The van der Waals surface area contributed by atoms with E-state index in [1.54, 1.807) is 7.11 Å². The maximum absolute atomic E-state index is 5.88. The van der Waals surface area contributed by atoms with Gasteiger partial charge in [-0.25, -0.2) is 0 Å². The summed E-state index contributed by atoms with van der Waals surface area (Å²) in [5.74, 6) is 0. The van der Waals surface area contributed by atoms with Gasteiger partial charge < -0.3 is 19.9 Å². The number of aromatic nitrogens is 2. The third kappa shape index (κ3) is 6.56. The van der Waals surface area contributed by atoms with Crippen LogP contribution in [-0.4, -0.2) is 56.0 Å². The summed E-state index contributed by atoms with van der Waals surface area (Å²) in [6, 6.07) is 0.153. The third-order valence-corrected chi connectivity index (χ3v) is 3.31. The van der Waals surface area contributed by atoms with Crippen LogP contribution in [0.15, 0.2) is 0 Å². The number of rotatable bonds is 11. The first-order valence-electron chi connectivity index (χ1n) is 7.49. The molecule has 0 saturated heterocycles. The van der Waals surface area contributed by atoms with Gasteiger partial charge in [0, 0.05) is 18.8 Å². The maximum atomic E-state index is 5.88. The molecule has 1 heterocycles. The molecule has 0 aliphatic carbocycles. The fourth-order valence-corrected chi connectivity index (χ4v) is 2.18. The fraction of sp³-hybridized carbons (Fsp3) is 0.800. The lowest BCUT2D eigenvalue weighted by molar-refractivity contribution is 0.0224. The lowest BCUT2D eigenvalue weighted by Gasteiger charge is -2.08. The number of ether oxygens (including phenoxy) is 3. The van der Waals surface area contributed by atoms with Crippen LogP contribution < -0.4 is 5.73 Å². The molecule has 0 aliphatic heterocycles. The van der Waals surface area contributed by atoms with Crippen LogP contribution in [0.1, 0.15) is 23.9 Å². The Morgan fingerprint density at radius 1 is 1.10 bits per heavy atom. The van der Waals surface area contributed by atoms with Gasteiger partial charge in [-0.2, -0.15) is 5.10 Å². The quantitative estimate of drug-likeness (QED) is 0.619. The van der Waals surface area contributed by atoms with Gasteiger partial charge in [0.2, 0.25) is 0 Å². The van der Waals surface area contributed by atoms with E-state index in [1.165, 1.54) is 11.3 Å². The zero-order valence-corrected chi connectivity index (χ0v) is 13.7. The molecule has 0 spiro atoms. The second-order valence-corrected chi connectivity index (χ2v) is 5.27. The first-order valence-corrected chi connectivity index (χ1v) is 7.49. The van der Waals surface area contributed by atoms with Gasteiger partial charge in [-0.3, -0.25) is 4.68 Å². The topological polar surface area (TPSA) is 71.5 Å². The van der Waals surface area contributed by atoms with E-state index in [0.29, 0.717) is 33.0 Å². The van der Waals surface area contributed by atoms with Crippen molar-refractivity contribution in [2.75, 3.05) is 40.1 Å². The molecule has 21 heavy (non-hydrogen) atoms. The zero-order valence-electron chi connectivity index (χ0n) is 13.7. The number of hydrogen-bond acceptors (Lipinski definition) is 5. The van der Waals surface area contributed by atoms with Crippen molar-refractivity contribution in [1.29, 1.82) is 0 Å². The first-order chi connectivity index (χ1) is 10.1. The van der Waals surface area contributed by atoms with Crippen LogP contribution in [0.25, 0.3) is 0 Å². The van der Waals surface area contributed by atoms with Crippen LogP contribution in [0.4, 0.5) is 0 Å². The van der Waals surface area contributed by atoms with Gasteiger partial charge in [-0.1, -0.05) is 0 Å². The molecule has 1 aromatic rings.